The molecule has 6 heteroatoms. The number of carbonyl (C=O) groups is 2. The summed E-state index contributed by atoms with van der Waals surface area (Å²) in [5.41, 5.74) is -2.34. The highest BCUT2D eigenvalue weighted by atomic mass is 16.5. The van der Waals surface area contributed by atoms with Crippen LogP contribution < -0.4 is 0 Å². The molecule has 0 amide bonds. The molecule has 4 saturated carbocycles. The van der Waals surface area contributed by atoms with Gasteiger partial charge in [0.1, 0.15) is 12.9 Å². The molecule has 0 spiro atoms. The number of esters is 1. The minimum Gasteiger partial charge on any atom is -0.458 e. The Hall–Kier alpha value is -1.24. The summed E-state index contributed by atoms with van der Waals surface area (Å²) in [6.07, 6.45) is 7.36. The van der Waals surface area contributed by atoms with Gasteiger partial charge in [0.05, 0.1) is 22.7 Å². The van der Waals surface area contributed by atoms with Crippen LogP contribution in [0.4, 0.5) is 0 Å². The molecule has 5 rings (SSSR count). The Morgan fingerprint density at radius 1 is 1.07 bits per heavy atom. The molecule has 3 N–H and O–H groups in total. The van der Waals surface area contributed by atoms with Crippen molar-refractivity contribution >= 4 is 12.3 Å². The molecule has 0 radical (unpaired) electrons. The van der Waals surface area contributed by atoms with Gasteiger partial charge in [-0.1, -0.05) is 6.92 Å². The van der Waals surface area contributed by atoms with E-state index in [1.54, 1.807) is 6.08 Å². The fraction of sp³-hybridized carbons (Fsp3) is 0.826. The number of hydrogen-bond donors (Lipinski definition) is 3. The molecular weight excluding hydrogens is 372 g/mol. The van der Waals surface area contributed by atoms with Gasteiger partial charge >= 0.3 is 5.97 Å². The number of rotatable bonds is 2. The number of cyclic esters (lactones) is 1. The first-order valence-corrected chi connectivity index (χ1v) is 11.2. The molecule has 0 unspecified atom stereocenters. The Balaban J connectivity index is 1.52. The normalized spacial score (nSPS) is 54.1. The van der Waals surface area contributed by atoms with Crippen LogP contribution in [0.1, 0.15) is 64.7 Å². The maximum Gasteiger partial charge on any atom is 0.331 e. The predicted molar refractivity (Wildman–Crippen MR) is 104 cm³/mol. The largest absolute Gasteiger partial charge is 0.458 e. The van der Waals surface area contributed by atoms with Crippen LogP contribution in [-0.2, 0) is 14.3 Å². The van der Waals surface area contributed by atoms with E-state index in [0.717, 1.165) is 31.1 Å². The topological polar surface area (TPSA) is 104 Å². The van der Waals surface area contributed by atoms with Crippen LogP contribution in [0.5, 0.6) is 0 Å². The van der Waals surface area contributed by atoms with Crippen molar-refractivity contribution in [2.24, 2.45) is 28.6 Å². The number of carbonyl (C=O) groups excluding carboxylic acids is 2. The van der Waals surface area contributed by atoms with E-state index in [1.165, 1.54) is 0 Å². The van der Waals surface area contributed by atoms with Crippen molar-refractivity contribution in [1.82, 2.24) is 0 Å². The van der Waals surface area contributed by atoms with Crippen LogP contribution in [-0.4, -0.2) is 51.5 Å². The van der Waals surface area contributed by atoms with Gasteiger partial charge in [-0.25, -0.2) is 4.79 Å². The van der Waals surface area contributed by atoms with E-state index in [1.807, 2.05) is 0 Å². The van der Waals surface area contributed by atoms with Crippen molar-refractivity contribution < 1.29 is 29.6 Å². The molecule has 0 saturated heterocycles. The smallest absolute Gasteiger partial charge is 0.331 e. The Kier molecular flexibility index (Phi) is 4.18. The molecule has 1 heterocycles. The van der Waals surface area contributed by atoms with E-state index in [4.69, 9.17) is 4.74 Å². The number of ether oxygens (including phenoxy) is 1. The zero-order valence-electron chi connectivity index (χ0n) is 17.1. The maximum atomic E-state index is 12.5. The molecule has 4 aliphatic carbocycles. The lowest BCUT2D eigenvalue weighted by Gasteiger charge is -2.65. The summed E-state index contributed by atoms with van der Waals surface area (Å²) < 4.78 is 5.15. The van der Waals surface area contributed by atoms with Crippen LogP contribution in [0.25, 0.3) is 0 Å². The average Bonchev–Trinajstić information content (AvgIpc) is 3.21. The first-order valence-electron chi connectivity index (χ1n) is 11.2. The minimum atomic E-state index is -1.18. The van der Waals surface area contributed by atoms with Gasteiger partial charge in [0.2, 0.25) is 0 Å². The van der Waals surface area contributed by atoms with E-state index in [9.17, 15) is 24.9 Å². The summed E-state index contributed by atoms with van der Waals surface area (Å²) in [5.74, 6) is -0.304. The van der Waals surface area contributed by atoms with Gasteiger partial charge in [-0.05, 0) is 74.7 Å². The first-order chi connectivity index (χ1) is 13.7. The van der Waals surface area contributed by atoms with Gasteiger partial charge in [0.15, 0.2) is 0 Å². The summed E-state index contributed by atoms with van der Waals surface area (Å²) in [6, 6.07) is 0. The SMILES string of the molecule is C[C@]12CC[C@H]3[C@@H](CC[C@]4(O)C[C@H](O)CC[C@]34C=O)[C@@]1(O)CC[C@@H]2C1=CC(=O)OC1. The molecule has 5 aliphatic rings. The second-order valence-electron chi connectivity index (χ2n) is 10.6. The van der Waals surface area contributed by atoms with Gasteiger partial charge in [0, 0.05) is 17.9 Å². The fourth-order valence-electron chi connectivity index (χ4n) is 8.34. The Morgan fingerprint density at radius 2 is 1.83 bits per heavy atom. The zero-order valence-corrected chi connectivity index (χ0v) is 17.1. The Labute approximate surface area is 171 Å². The standard InChI is InChI=1S/C23H32O6/c1-20-6-3-17-18(4-8-22(27)11-15(25)2-7-21(17,22)13-24)23(20,28)9-5-16(20)14-10-19(26)29-12-14/h10,13,15-18,25,27-28H,2-9,11-12H2,1H3/t15-,16-,17+,18-,20-,21+,22+,23+/m1/s1. The minimum absolute atomic E-state index is 0.0504. The zero-order chi connectivity index (χ0) is 20.7. The summed E-state index contributed by atoms with van der Waals surface area (Å²) in [4.78, 5) is 24.1. The monoisotopic (exact) mass is 404 g/mol. The fourth-order valence-corrected chi connectivity index (χ4v) is 8.34. The van der Waals surface area contributed by atoms with Crippen LogP contribution >= 0.6 is 0 Å². The van der Waals surface area contributed by atoms with Gasteiger partial charge in [-0.15, -0.1) is 0 Å². The van der Waals surface area contributed by atoms with Crippen LogP contribution in [0.15, 0.2) is 11.6 Å². The maximum absolute atomic E-state index is 12.5. The van der Waals surface area contributed by atoms with Crippen LogP contribution in [0.2, 0.25) is 0 Å². The van der Waals surface area contributed by atoms with Crippen molar-refractivity contribution in [2.45, 2.75) is 82.0 Å². The summed E-state index contributed by atoms with van der Waals surface area (Å²) in [5, 5.41) is 33.7. The van der Waals surface area contributed by atoms with Crippen LogP contribution in [0, 0.1) is 28.6 Å². The van der Waals surface area contributed by atoms with Crippen molar-refractivity contribution in [3.8, 4) is 0 Å². The van der Waals surface area contributed by atoms with Gasteiger partial charge < -0.3 is 24.9 Å². The highest BCUT2D eigenvalue weighted by molar-refractivity contribution is 5.85. The highest BCUT2D eigenvalue weighted by Gasteiger charge is 2.71. The first kappa shape index (κ1) is 19.7. The molecule has 160 valence electrons. The third-order valence-electron chi connectivity index (χ3n) is 9.85. The molecule has 0 aromatic heterocycles. The van der Waals surface area contributed by atoms with Gasteiger partial charge in [-0.3, -0.25) is 0 Å². The molecule has 29 heavy (non-hydrogen) atoms. The van der Waals surface area contributed by atoms with Crippen molar-refractivity contribution in [1.29, 1.82) is 0 Å². The van der Waals surface area contributed by atoms with Crippen molar-refractivity contribution in [2.75, 3.05) is 6.61 Å². The lowest BCUT2D eigenvalue weighted by atomic mass is 9.41. The molecule has 8 atom stereocenters. The average molecular weight is 405 g/mol. The van der Waals surface area contributed by atoms with E-state index in [2.05, 4.69) is 6.92 Å². The third-order valence-corrected chi connectivity index (χ3v) is 9.85. The third kappa shape index (κ3) is 2.34. The van der Waals surface area contributed by atoms with Gasteiger partial charge in [0.25, 0.3) is 0 Å². The molecule has 1 aliphatic heterocycles. The number of aliphatic hydroxyl groups is 3. The highest BCUT2D eigenvalue weighted by Crippen LogP contribution is 2.70. The molecular formula is C23H32O6. The van der Waals surface area contributed by atoms with E-state index >= 15 is 0 Å². The molecule has 0 aromatic rings. The number of aliphatic hydroxyl groups excluding tert-OH is 1. The Bertz CT molecular complexity index is 777. The lowest BCUT2D eigenvalue weighted by Crippen LogP contribution is -2.68. The molecule has 0 bridgehead atoms. The second-order valence-corrected chi connectivity index (χ2v) is 10.6. The predicted octanol–water partition coefficient (Wildman–Crippen LogP) is 1.90. The number of fused-ring (bicyclic) bond motifs is 5. The molecule has 6 nitrogen and oxygen atoms in total. The summed E-state index contributed by atoms with van der Waals surface area (Å²) in [7, 11) is 0. The van der Waals surface area contributed by atoms with E-state index in [-0.39, 0.29) is 35.6 Å². The summed E-state index contributed by atoms with van der Waals surface area (Å²) >= 11 is 0. The number of aldehydes is 1. The number of hydrogen-bond acceptors (Lipinski definition) is 6. The molecule has 4 fully saturated rings. The second kappa shape index (κ2) is 6.14. The van der Waals surface area contributed by atoms with Gasteiger partial charge in [-0.2, -0.15) is 0 Å². The molecule has 0 aromatic carbocycles. The quantitative estimate of drug-likeness (QED) is 0.480. The van der Waals surface area contributed by atoms with E-state index < -0.39 is 22.7 Å². The van der Waals surface area contributed by atoms with E-state index in [0.29, 0.717) is 38.7 Å². The van der Waals surface area contributed by atoms with Crippen LogP contribution in [0.3, 0.4) is 0 Å². The Morgan fingerprint density at radius 3 is 2.52 bits per heavy atom. The lowest BCUT2D eigenvalue weighted by molar-refractivity contribution is -0.248. The summed E-state index contributed by atoms with van der Waals surface area (Å²) in [6.45, 7) is 2.46. The van der Waals surface area contributed by atoms with Crippen molar-refractivity contribution in [3.63, 3.8) is 0 Å². The van der Waals surface area contributed by atoms with Crippen molar-refractivity contribution in [3.05, 3.63) is 11.6 Å².